The molecule has 0 spiro atoms. The predicted octanol–water partition coefficient (Wildman–Crippen LogP) is 3.61. The number of aldehydes is 1. The maximum atomic E-state index is 12.2. The van der Waals surface area contributed by atoms with Crippen molar-refractivity contribution in [3.8, 4) is 0 Å². The molecule has 0 fully saturated rings. The Hall–Kier alpha value is -0.900. The summed E-state index contributed by atoms with van der Waals surface area (Å²) in [5.41, 5.74) is 5.09. The van der Waals surface area contributed by atoms with Gasteiger partial charge in [-0.15, -0.1) is 0 Å². The summed E-state index contributed by atoms with van der Waals surface area (Å²) in [4.78, 5) is 22.5. The zero-order chi connectivity index (χ0) is 16.1. The molecule has 0 bridgehead atoms. The number of carbonyl (C=O) groups is 2. The number of carbonyl (C=O) groups excluding carboxylic acids is 2. The molecule has 4 heteroatoms. The Balaban J connectivity index is 4.12. The molecule has 0 aliphatic heterocycles. The lowest BCUT2D eigenvalue weighted by molar-refractivity contribution is -0.160. The molecule has 0 radical (unpaired) electrons. The second-order valence-corrected chi connectivity index (χ2v) is 6.67. The van der Waals surface area contributed by atoms with Gasteiger partial charge in [-0.05, 0) is 53.0 Å². The number of hydrogen-bond donors (Lipinski definition) is 1. The van der Waals surface area contributed by atoms with E-state index >= 15 is 0 Å². The van der Waals surface area contributed by atoms with Crippen LogP contribution in [0, 0.1) is 5.92 Å². The molecule has 1 unspecified atom stereocenters. The van der Waals surface area contributed by atoms with Crippen LogP contribution in [-0.2, 0) is 14.3 Å². The van der Waals surface area contributed by atoms with Gasteiger partial charge in [0.1, 0.15) is 11.9 Å². The molecule has 0 amide bonds. The maximum Gasteiger partial charge on any atom is 0.309 e. The number of nitrogens with two attached hydrogens (primary N) is 1. The topological polar surface area (TPSA) is 69.4 Å². The fraction of sp³-hybridized carbons (Fsp3) is 0.882. The van der Waals surface area contributed by atoms with Gasteiger partial charge < -0.3 is 15.3 Å². The molecule has 21 heavy (non-hydrogen) atoms. The summed E-state index contributed by atoms with van der Waals surface area (Å²) in [5, 5.41) is 0. The van der Waals surface area contributed by atoms with Crippen molar-refractivity contribution >= 4 is 12.3 Å². The summed E-state index contributed by atoms with van der Waals surface area (Å²) in [7, 11) is 0. The first kappa shape index (κ1) is 20.1. The molecular formula is C17H33NO3. The summed E-state index contributed by atoms with van der Waals surface area (Å²) in [6, 6.07) is 0. The zero-order valence-electron chi connectivity index (χ0n) is 14.0. The highest BCUT2D eigenvalue weighted by molar-refractivity contribution is 5.72. The normalized spacial score (nSPS) is 13.0. The Morgan fingerprint density at radius 3 is 2.14 bits per heavy atom. The number of esters is 1. The van der Waals surface area contributed by atoms with Crippen LogP contribution in [0.1, 0.15) is 78.6 Å². The molecule has 0 aromatic carbocycles. The van der Waals surface area contributed by atoms with Gasteiger partial charge in [0.15, 0.2) is 0 Å². The highest BCUT2D eigenvalue weighted by Gasteiger charge is 2.24. The minimum Gasteiger partial charge on any atom is -0.460 e. The Labute approximate surface area is 129 Å². The number of rotatable bonds is 12. The predicted molar refractivity (Wildman–Crippen MR) is 86.0 cm³/mol. The second kappa shape index (κ2) is 11.7. The Morgan fingerprint density at radius 2 is 1.62 bits per heavy atom. The molecule has 1 atom stereocenters. The minimum atomic E-state index is -0.423. The monoisotopic (exact) mass is 299 g/mol. The van der Waals surface area contributed by atoms with Crippen LogP contribution in [0.2, 0.25) is 0 Å². The number of unbranched alkanes of at least 4 members (excludes halogenated alkanes) is 5. The average Bonchev–Trinajstić information content (AvgIpc) is 2.38. The van der Waals surface area contributed by atoms with E-state index in [4.69, 9.17) is 10.5 Å². The third kappa shape index (κ3) is 12.5. The van der Waals surface area contributed by atoms with Gasteiger partial charge in [-0.3, -0.25) is 4.79 Å². The molecular weight excluding hydrogens is 266 g/mol. The third-order valence-electron chi connectivity index (χ3n) is 3.37. The van der Waals surface area contributed by atoms with Gasteiger partial charge in [0.05, 0.1) is 5.92 Å². The van der Waals surface area contributed by atoms with Crippen molar-refractivity contribution in [1.82, 2.24) is 0 Å². The molecule has 2 N–H and O–H groups in total. The van der Waals surface area contributed by atoms with Crippen LogP contribution in [0.15, 0.2) is 0 Å². The molecule has 0 aromatic heterocycles. The highest BCUT2D eigenvalue weighted by atomic mass is 16.6. The summed E-state index contributed by atoms with van der Waals surface area (Å²) in [5.74, 6) is -0.0886. The number of hydrogen-bond acceptors (Lipinski definition) is 4. The van der Waals surface area contributed by atoms with Gasteiger partial charge in [0, 0.05) is 6.42 Å². The Morgan fingerprint density at radius 1 is 1.05 bits per heavy atom. The van der Waals surface area contributed by atoms with Gasteiger partial charge in [0.2, 0.25) is 0 Å². The lowest BCUT2D eigenvalue weighted by Gasteiger charge is -2.24. The van der Waals surface area contributed by atoms with Crippen LogP contribution >= 0.6 is 0 Å². The first-order valence-electron chi connectivity index (χ1n) is 8.27. The van der Waals surface area contributed by atoms with Crippen molar-refractivity contribution in [3.05, 3.63) is 0 Å². The van der Waals surface area contributed by atoms with Crippen molar-refractivity contribution in [2.75, 3.05) is 6.54 Å². The lowest BCUT2D eigenvalue weighted by atomic mass is 9.94. The molecule has 124 valence electrons. The Bertz CT molecular complexity index is 284. The van der Waals surface area contributed by atoms with E-state index < -0.39 is 5.60 Å². The van der Waals surface area contributed by atoms with Gasteiger partial charge in [0.25, 0.3) is 0 Å². The van der Waals surface area contributed by atoms with E-state index in [1.54, 1.807) is 0 Å². The zero-order valence-corrected chi connectivity index (χ0v) is 14.0. The van der Waals surface area contributed by atoms with E-state index in [1.807, 2.05) is 20.8 Å². The summed E-state index contributed by atoms with van der Waals surface area (Å²) < 4.78 is 5.51. The minimum absolute atomic E-state index is 0.0122. The molecule has 0 aliphatic carbocycles. The van der Waals surface area contributed by atoms with Gasteiger partial charge in [-0.1, -0.05) is 25.7 Å². The fourth-order valence-electron chi connectivity index (χ4n) is 2.27. The molecule has 4 nitrogen and oxygen atoms in total. The summed E-state index contributed by atoms with van der Waals surface area (Å²) >= 11 is 0. The second-order valence-electron chi connectivity index (χ2n) is 6.67. The van der Waals surface area contributed by atoms with Crippen LogP contribution in [0.25, 0.3) is 0 Å². The van der Waals surface area contributed by atoms with Gasteiger partial charge >= 0.3 is 5.97 Å². The largest absolute Gasteiger partial charge is 0.460 e. The molecule has 0 rings (SSSR count). The molecule has 0 heterocycles. The molecule has 0 aromatic rings. The standard InChI is InChI=1S/C17H33NO3/c1-17(2,3)21-16(20)15(12-8-9-13-18)11-7-5-4-6-10-14-19/h14-15H,4-13,18H2,1-3H3. The van der Waals surface area contributed by atoms with Crippen molar-refractivity contribution in [3.63, 3.8) is 0 Å². The van der Waals surface area contributed by atoms with E-state index in [1.165, 1.54) is 0 Å². The SMILES string of the molecule is CC(C)(C)OC(=O)C(CCCCN)CCCCCCC=O. The van der Waals surface area contributed by atoms with E-state index in [9.17, 15) is 9.59 Å². The molecule has 0 aliphatic rings. The van der Waals surface area contributed by atoms with Crippen LogP contribution in [-0.4, -0.2) is 24.4 Å². The lowest BCUT2D eigenvalue weighted by Crippen LogP contribution is -2.29. The van der Waals surface area contributed by atoms with E-state index in [2.05, 4.69) is 0 Å². The third-order valence-corrected chi connectivity index (χ3v) is 3.37. The first-order valence-corrected chi connectivity index (χ1v) is 8.27. The summed E-state index contributed by atoms with van der Waals surface area (Å²) in [6.07, 6.45) is 9.39. The Kier molecular flexibility index (Phi) is 11.2. The molecule has 0 saturated heterocycles. The smallest absolute Gasteiger partial charge is 0.309 e. The van der Waals surface area contributed by atoms with Gasteiger partial charge in [-0.25, -0.2) is 0 Å². The van der Waals surface area contributed by atoms with Crippen LogP contribution in [0.4, 0.5) is 0 Å². The van der Waals surface area contributed by atoms with Crippen molar-refractivity contribution in [1.29, 1.82) is 0 Å². The van der Waals surface area contributed by atoms with Gasteiger partial charge in [-0.2, -0.15) is 0 Å². The van der Waals surface area contributed by atoms with Crippen molar-refractivity contribution < 1.29 is 14.3 Å². The fourth-order valence-corrected chi connectivity index (χ4v) is 2.27. The van der Waals surface area contributed by atoms with E-state index in [-0.39, 0.29) is 11.9 Å². The number of ether oxygens (including phenoxy) is 1. The van der Waals surface area contributed by atoms with E-state index in [0.29, 0.717) is 13.0 Å². The van der Waals surface area contributed by atoms with Crippen molar-refractivity contribution in [2.24, 2.45) is 11.7 Å². The van der Waals surface area contributed by atoms with Crippen LogP contribution in [0.3, 0.4) is 0 Å². The maximum absolute atomic E-state index is 12.2. The molecule has 0 saturated carbocycles. The highest BCUT2D eigenvalue weighted by Crippen LogP contribution is 2.21. The summed E-state index contributed by atoms with van der Waals surface area (Å²) in [6.45, 7) is 6.39. The van der Waals surface area contributed by atoms with E-state index in [0.717, 1.165) is 57.7 Å². The quantitative estimate of drug-likeness (QED) is 0.339. The average molecular weight is 299 g/mol. The first-order chi connectivity index (χ1) is 9.90. The van der Waals surface area contributed by atoms with Crippen molar-refractivity contribution in [2.45, 2.75) is 84.2 Å². The van der Waals surface area contributed by atoms with Crippen LogP contribution in [0.5, 0.6) is 0 Å². The van der Waals surface area contributed by atoms with Crippen LogP contribution < -0.4 is 5.73 Å².